The van der Waals surface area contributed by atoms with Crippen molar-refractivity contribution in [1.29, 1.82) is 0 Å². The number of benzene rings is 2. The van der Waals surface area contributed by atoms with Crippen molar-refractivity contribution < 1.29 is 19.4 Å². The van der Waals surface area contributed by atoms with Gasteiger partial charge in [0.1, 0.15) is 5.75 Å². The average Bonchev–Trinajstić information content (AvgIpc) is 2.54. The highest BCUT2D eigenvalue weighted by atomic mass is 35.5. The standard InChI is InChI=1S/C17H16ClNO4/c1-2-11-9-12(7-8-14(11)18)23-10-16(20)19-15-6-4-3-5-13(15)17(21)22/h3-9H,2,10H2,1H3,(H,19,20)(H,21,22). The van der Waals surface area contributed by atoms with Gasteiger partial charge in [0.15, 0.2) is 6.61 Å². The van der Waals surface area contributed by atoms with Gasteiger partial charge in [-0.1, -0.05) is 30.7 Å². The lowest BCUT2D eigenvalue weighted by Crippen LogP contribution is -2.21. The zero-order valence-electron chi connectivity index (χ0n) is 12.5. The molecule has 0 unspecified atom stereocenters. The highest BCUT2D eigenvalue weighted by Gasteiger charge is 2.12. The van der Waals surface area contributed by atoms with Crippen molar-refractivity contribution in [2.45, 2.75) is 13.3 Å². The molecule has 0 aliphatic heterocycles. The molecule has 120 valence electrons. The third kappa shape index (κ3) is 4.47. The molecule has 0 bridgehead atoms. The average molecular weight is 334 g/mol. The van der Waals surface area contributed by atoms with E-state index in [0.29, 0.717) is 10.8 Å². The van der Waals surface area contributed by atoms with Crippen LogP contribution in [0, 0.1) is 0 Å². The van der Waals surface area contributed by atoms with Crippen LogP contribution < -0.4 is 10.1 Å². The Morgan fingerprint density at radius 3 is 2.65 bits per heavy atom. The molecule has 1 amide bonds. The molecule has 0 radical (unpaired) electrons. The van der Waals surface area contributed by atoms with Crippen LogP contribution in [0.4, 0.5) is 5.69 Å². The van der Waals surface area contributed by atoms with E-state index in [2.05, 4.69) is 5.32 Å². The number of aryl methyl sites for hydroxylation is 1. The zero-order chi connectivity index (χ0) is 16.8. The van der Waals surface area contributed by atoms with E-state index in [4.69, 9.17) is 21.4 Å². The molecule has 0 spiro atoms. The Bertz CT molecular complexity index is 730. The number of halogens is 1. The van der Waals surface area contributed by atoms with Crippen LogP contribution in [0.1, 0.15) is 22.8 Å². The second kappa shape index (κ2) is 7.65. The number of nitrogens with one attached hydrogen (secondary N) is 1. The Labute approximate surface area is 138 Å². The van der Waals surface area contributed by atoms with E-state index in [0.717, 1.165) is 12.0 Å². The highest BCUT2D eigenvalue weighted by molar-refractivity contribution is 6.31. The molecule has 0 heterocycles. The van der Waals surface area contributed by atoms with E-state index >= 15 is 0 Å². The molecule has 0 fully saturated rings. The molecule has 0 atom stereocenters. The number of rotatable bonds is 6. The molecule has 2 aromatic carbocycles. The molecule has 23 heavy (non-hydrogen) atoms. The van der Waals surface area contributed by atoms with Gasteiger partial charge in [-0.05, 0) is 42.3 Å². The number of amides is 1. The Morgan fingerprint density at radius 1 is 1.22 bits per heavy atom. The maximum atomic E-state index is 11.9. The minimum absolute atomic E-state index is 0.0283. The molecular formula is C17H16ClNO4. The number of carboxylic acids is 1. The fourth-order valence-electron chi connectivity index (χ4n) is 2.03. The molecular weight excluding hydrogens is 318 g/mol. The van der Waals surface area contributed by atoms with Gasteiger partial charge in [-0.3, -0.25) is 4.79 Å². The SMILES string of the molecule is CCc1cc(OCC(=O)Nc2ccccc2C(=O)O)ccc1Cl. The van der Waals surface area contributed by atoms with Crippen molar-refractivity contribution in [2.24, 2.45) is 0 Å². The number of carbonyl (C=O) groups is 2. The van der Waals surface area contributed by atoms with E-state index in [1.165, 1.54) is 12.1 Å². The number of anilines is 1. The Morgan fingerprint density at radius 2 is 1.96 bits per heavy atom. The van der Waals surface area contributed by atoms with Gasteiger partial charge in [-0.15, -0.1) is 0 Å². The molecule has 2 rings (SSSR count). The summed E-state index contributed by atoms with van der Waals surface area (Å²) >= 11 is 6.02. The van der Waals surface area contributed by atoms with Crippen LogP contribution in [0.3, 0.4) is 0 Å². The lowest BCUT2D eigenvalue weighted by molar-refractivity contribution is -0.118. The molecule has 2 aromatic rings. The molecule has 0 saturated carbocycles. The normalized spacial score (nSPS) is 10.2. The molecule has 0 saturated heterocycles. The Kier molecular flexibility index (Phi) is 5.60. The van der Waals surface area contributed by atoms with Gasteiger partial charge in [0.05, 0.1) is 11.3 Å². The van der Waals surface area contributed by atoms with Crippen molar-refractivity contribution in [3.8, 4) is 5.75 Å². The van der Waals surface area contributed by atoms with Gasteiger partial charge in [0.2, 0.25) is 0 Å². The number of carboxylic acid groups (broad SMARTS) is 1. The summed E-state index contributed by atoms with van der Waals surface area (Å²) in [5, 5.41) is 12.3. The zero-order valence-corrected chi connectivity index (χ0v) is 13.3. The van der Waals surface area contributed by atoms with E-state index in [1.54, 1.807) is 30.3 Å². The first-order valence-corrected chi connectivity index (χ1v) is 7.42. The van der Waals surface area contributed by atoms with Gasteiger partial charge in [-0.2, -0.15) is 0 Å². The summed E-state index contributed by atoms with van der Waals surface area (Å²) in [5.41, 5.74) is 1.19. The molecule has 5 nitrogen and oxygen atoms in total. The topological polar surface area (TPSA) is 75.6 Å². The molecule has 0 aliphatic rings. The van der Waals surface area contributed by atoms with E-state index < -0.39 is 11.9 Å². The van der Waals surface area contributed by atoms with Crippen LogP contribution in [-0.4, -0.2) is 23.6 Å². The van der Waals surface area contributed by atoms with Crippen LogP contribution in [0.25, 0.3) is 0 Å². The predicted octanol–water partition coefficient (Wildman–Crippen LogP) is 3.62. The summed E-state index contributed by atoms with van der Waals surface area (Å²) in [6.45, 7) is 1.75. The smallest absolute Gasteiger partial charge is 0.337 e. The number of hydrogen-bond acceptors (Lipinski definition) is 3. The number of para-hydroxylation sites is 1. The maximum Gasteiger partial charge on any atom is 0.337 e. The fraction of sp³-hybridized carbons (Fsp3) is 0.176. The number of ether oxygens (including phenoxy) is 1. The third-order valence-electron chi connectivity index (χ3n) is 3.20. The second-order valence-electron chi connectivity index (χ2n) is 4.79. The first-order valence-electron chi connectivity index (χ1n) is 7.04. The fourth-order valence-corrected chi connectivity index (χ4v) is 2.28. The number of aromatic carboxylic acids is 1. The van der Waals surface area contributed by atoms with Gasteiger partial charge in [0, 0.05) is 5.02 Å². The van der Waals surface area contributed by atoms with Crippen molar-refractivity contribution in [3.05, 3.63) is 58.6 Å². The molecule has 6 heteroatoms. The van der Waals surface area contributed by atoms with Crippen LogP contribution in [0.15, 0.2) is 42.5 Å². The number of carbonyl (C=O) groups excluding carboxylic acids is 1. The van der Waals surface area contributed by atoms with Crippen molar-refractivity contribution >= 4 is 29.2 Å². The predicted molar refractivity (Wildman–Crippen MR) is 88.4 cm³/mol. The van der Waals surface area contributed by atoms with Crippen LogP contribution in [-0.2, 0) is 11.2 Å². The van der Waals surface area contributed by atoms with Crippen LogP contribution >= 0.6 is 11.6 Å². The summed E-state index contributed by atoms with van der Waals surface area (Å²) in [5.74, 6) is -1.01. The monoisotopic (exact) mass is 333 g/mol. The van der Waals surface area contributed by atoms with Crippen LogP contribution in [0.2, 0.25) is 5.02 Å². The van der Waals surface area contributed by atoms with Gasteiger partial charge in [-0.25, -0.2) is 4.79 Å². The Hall–Kier alpha value is -2.53. The highest BCUT2D eigenvalue weighted by Crippen LogP contribution is 2.22. The summed E-state index contributed by atoms with van der Waals surface area (Å²) in [6.07, 6.45) is 0.758. The van der Waals surface area contributed by atoms with Crippen molar-refractivity contribution in [3.63, 3.8) is 0 Å². The van der Waals surface area contributed by atoms with Crippen molar-refractivity contribution in [1.82, 2.24) is 0 Å². The Balaban J connectivity index is 2.00. The first-order chi connectivity index (χ1) is 11.0. The lowest BCUT2D eigenvalue weighted by atomic mass is 10.1. The van der Waals surface area contributed by atoms with E-state index in [-0.39, 0.29) is 17.9 Å². The summed E-state index contributed by atoms with van der Waals surface area (Å²) in [4.78, 5) is 23.0. The van der Waals surface area contributed by atoms with Gasteiger partial charge < -0.3 is 15.2 Å². The molecule has 2 N–H and O–H groups in total. The first kappa shape index (κ1) is 16.8. The summed E-state index contributed by atoms with van der Waals surface area (Å²) in [6, 6.07) is 11.4. The third-order valence-corrected chi connectivity index (χ3v) is 3.57. The summed E-state index contributed by atoms with van der Waals surface area (Å²) < 4.78 is 5.42. The van der Waals surface area contributed by atoms with Gasteiger partial charge in [0.25, 0.3) is 5.91 Å². The minimum atomic E-state index is -1.10. The minimum Gasteiger partial charge on any atom is -0.484 e. The second-order valence-corrected chi connectivity index (χ2v) is 5.20. The lowest BCUT2D eigenvalue weighted by Gasteiger charge is -2.10. The maximum absolute atomic E-state index is 11.9. The van der Waals surface area contributed by atoms with Crippen molar-refractivity contribution in [2.75, 3.05) is 11.9 Å². The molecule has 0 aliphatic carbocycles. The van der Waals surface area contributed by atoms with Gasteiger partial charge >= 0.3 is 5.97 Å². The molecule has 0 aromatic heterocycles. The van der Waals surface area contributed by atoms with Crippen LogP contribution in [0.5, 0.6) is 5.75 Å². The number of hydrogen-bond donors (Lipinski definition) is 2. The summed E-state index contributed by atoms with van der Waals surface area (Å²) in [7, 11) is 0. The van der Waals surface area contributed by atoms with E-state index in [1.807, 2.05) is 6.92 Å². The largest absolute Gasteiger partial charge is 0.484 e. The quantitative estimate of drug-likeness (QED) is 0.846. The van der Waals surface area contributed by atoms with E-state index in [9.17, 15) is 9.59 Å².